The highest BCUT2D eigenvalue weighted by Crippen LogP contribution is 2.05. The van der Waals surface area contributed by atoms with Gasteiger partial charge in [-0.15, -0.1) is 11.6 Å². The molecular weight excluding hydrogens is 170 g/mol. The Morgan fingerprint density at radius 3 is 2.33 bits per heavy atom. The first-order valence-corrected chi connectivity index (χ1v) is 3.06. The predicted molar refractivity (Wildman–Crippen MR) is 29.2 cm³/mol. The predicted octanol–water partition coefficient (Wildman–Crippen LogP) is 2.31. The molecule has 0 saturated heterocycles. The van der Waals surface area contributed by atoms with Crippen LogP contribution in [0.3, 0.4) is 0 Å². The molecule has 0 rings (SSSR count). The van der Waals surface area contributed by atoms with Crippen molar-refractivity contribution in [1.82, 2.24) is 0 Å². The Bertz CT molecular complexity index is 32.0. The molecule has 0 N–H and O–H groups in total. The van der Waals surface area contributed by atoms with Crippen LogP contribution in [0.4, 0.5) is 4.39 Å². The Kier molecular flexibility index (Phi) is 4.33. The van der Waals surface area contributed by atoms with Gasteiger partial charge in [-0.1, -0.05) is 15.9 Å². The van der Waals surface area contributed by atoms with Crippen LogP contribution in [0.2, 0.25) is 0 Å². The first-order chi connectivity index (χ1) is 2.77. The summed E-state index contributed by atoms with van der Waals surface area (Å²) in [5.41, 5.74) is 0. The van der Waals surface area contributed by atoms with Gasteiger partial charge in [0.15, 0.2) is 5.08 Å². The lowest BCUT2D eigenvalue weighted by atomic mass is 10.6. The molecule has 6 heavy (non-hydrogen) atoms. The lowest BCUT2D eigenvalue weighted by molar-refractivity contribution is 0.453. The van der Waals surface area contributed by atoms with E-state index in [2.05, 4.69) is 15.9 Å². The van der Waals surface area contributed by atoms with Crippen LogP contribution in [0.15, 0.2) is 0 Å². The molecule has 0 fully saturated rings. The first kappa shape index (κ1) is 6.70. The highest BCUT2D eigenvalue weighted by Gasteiger charge is 1.94. The maximum Gasteiger partial charge on any atom is 0.156 e. The number of hydrogen-bond donors (Lipinski definition) is 0. The Balaban J connectivity index is 2.63. The minimum atomic E-state index is -0.921. The zero-order valence-electron chi connectivity index (χ0n) is 3.13. The normalized spacial score (nSPS) is 14.5. The second-order valence-electron chi connectivity index (χ2n) is 0.869. The third kappa shape index (κ3) is 4.70. The van der Waals surface area contributed by atoms with Crippen LogP contribution >= 0.6 is 27.5 Å². The minimum absolute atomic E-state index is 0.381. The van der Waals surface area contributed by atoms with Crippen molar-refractivity contribution in [2.45, 2.75) is 11.5 Å². The SMILES string of the molecule is FC(Br)CCCl. The molecule has 1 unspecified atom stereocenters. The second-order valence-corrected chi connectivity index (χ2v) is 2.24. The summed E-state index contributed by atoms with van der Waals surface area (Å²) in [4.78, 5) is 0. The number of rotatable bonds is 2. The summed E-state index contributed by atoms with van der Waals surface area (Å²) < 4.78 is 11.5. The standard InChI is InChI=1S/C3H5BrClF/c4-3(6)1-2-5/h3H,1-2H2. The second kappa shape index (κ2) is 3.88. The van der Waals surface area contributed by atoms with Gasteiger partial charge in [0.2, 0.25) is 0 Å². The van der Waals surface area contributed by atoms with Crippen LogP contribution in [0.25, 0.3) is 0 Å². The zero-order chi connectivity index (χ0) is 4.99. The molecule has 3 heteroatoms. The third-order valence-corrected chi connectivity index (χ3v) is 1.00. The summed E-state index contributed by atoms with van der Waals surface area (Å²) >= 11 is 7.81. The zero-order valence-corrected chi connectivity index (χ0v) is 5.47. The summed E-state index contributed by atoms with van der Waals surface area (Å²) in [5.74, 6) is 0.381. The average molecular weight is 175 g/mol. The summed E-state index contributed by atoms with van der Waals surface area (Å²) in [6.07, 6.45) is 0.390. The molecule has 0 bridgehead atoms. The number of halogens is 3. The molecule has 0 aliphatic heterocycles. The van der Waals surface area contributed by atoms with E-state index in [-0.39, 0.29) is 0 Å². The van der Waals surface area contributed by atoms with Crippen molar-refractivity contribution < 1.29 is 4.39 Å². The fraction of sp³-hybridized carbons (Fsp3) is 1.00. The van der Waals surface area contributed by atoms with E-state index in [9.17, 15) is 4.39 Å². The van der Waals surface area contributed by atoms with Crippen LogP contribution in [0.1, 0.15) is 6.42 Å². The number of hydrogen-bond acceptors (Lipinski definition) is 0. The van der Waals surface area contributed by atoms with Gasteiger partial charge in [0, 0.05) is 12.3 Å². The molecule has 0 heterocycles. The summed E-state index contributed by atoms with van der Waals surface area (Å²) in [5, 5.41) is -0.921. The van der Waals surface area contributed by atoms with E-state index in [4.69, 9.17) is 11.6 Å². The van der Waals surface area contributed by atoms with E-state index in [1.54, 1.807) is 0 Å². The molecule has 0 aliphatic carbocycles. The van der Waals surface area contributed by atoms with E-state index in [0.717, 1.165) is 0 Å². The molecule has 0 aliphatic rings. The smallest absolute Gasteiger partial charge is 0.156 e. The van der Waals surface area contributed by atoms with E-state index in [1.807, 2.05) is 0 Å². The molecule has 1 atom stereocenters. The van der Waals surface area contributed by atoms with Gasteiger partial charge >= 0.3 is 0 Å². The van der Waals surface area contributed by atoms with Crippen LogP contribution in [0.5, 0.6) is 0 Å². The van der Waals surface area contributed by atoms with Crippen molar-refractivity contribution in [1.29, 1.82) is 0 Å². The molecular formula is C3H5BrClF. The maximum absolute atomic E-state index is 11.5. The fourth-order valence-electron chi connectivity index (χ4n) is 0.0825. The first-order valence-electron chi connectivity index (χ1n) is 1.61. The minimum Gasteiger partial charge on any atom is -0.235 e. The largest absolute Gasteiger partial charge is 0.235 e. The van der Waals surface area contributed by atoms with Gasteiger partial charge in [-0.25, -0.2) is 4.39 Å². The molecule has 0 aromatic carbocycles. The van der Waals surface area contributed by atoms with Gasteiger partial charge in [0.1, 0.15) is 0 Å². The van der Waals surface area contributed by atoms with Crippen LogP contribution in [-0.4, -0.2) is 11.0 Å². The van der Waals surface area contributed by atoms with Crippen molar-refractivity contribution >= 4 is 27.5 Å². The van der Waals surface area contributed by atoms with E-state index >= 15 is 0 Å². The topological polar surface area (TPSA) is 0 Å². The molecule has 0 spiro atoms. The van der Waals surface area contributed by atoms with Gasteiger partial charge in [-0.3, -0.25) is 0 Å². The highest BCUT2D eigenvalue weighted by molar-refractivity contribution is 9.09. The quantitative estimate of drug-likeness (QED) is 0.565. The fourth-order valence-corrected chi connectivity index (χ4v) is 0.767. The van der Waals surface area contributed by atoms with Crippen molar-refractivity contribution in [2.24, 2.45) is 0 Å². The van der Waals surface area contributed by atoms with Gasteiger partial charge < -0.3 is 0 Å². The van der Waals surface area contributed by atoms with Crippen molar-refractivity contribution in [3.05, 3.63) is 0 Å². The summed E-state index contributed by atoms with van der Waals surface area (Å²) in [7, 11) is 0. The Hall–Kier alpha value is 0.700. The van der Waals surface area contributed by atoms with E-state index in [0.29, 0.717) is 12.3 Å². The third-order valence-electron chi connectivity index (χ3n) is 0.327. The van der Waals surface area contributed by atoms with Gasteiger partial charge in [-0.05, 0) is 0 Å². The molecule has 0 nitrogen and oxygen atoms in total. The van der Waals surface area contributed by atoms with Gasteiger partial charge in [0.25, 0.3) is 0 Å². The van der Waals surface area contributed by atoms with Crippen LogP contribution < -0.4 is 0 Å². The summed E-state index contributed by atoms with van der Waals surface area (Å²) in [6.45, 7) is 0. The molecule has 0 radical (unpaired) electrons. The van der Waals surface area contributed by atoms with Crippen molar-refractivity contribution in [3.8, 4) is 0 Å². The number of alkyl halides is 3. The summed E-state index contributed by atoms with van der Waals surface area (Å²) in [6, 6.07) is 0. The van der Waals surface area contributed by atoms with E-state index in [1.165, 1.54) is 0 Å². The molecule has 0 amide bonds. The Morgan fingerprint density at radius 2 is 2.33 bits per heavy atom. The van der Waals surface area contributed by atoms with Crippen molar-refractivity contribution in [3.63, 3.8) is 0 Å². The highest BCUT2D eigenvalue weighted by atomic mass is 79.9. The lowest BCUT2D eigenvalue weighted by Gasteiger charge is -1.88. The average Bonchev–Trinajstić information content (AvgIpc) is 1.35. The van der Waals surface area contributed by atoms with Crippen LogP contribution in [-0.2, 0) is 0 Å². The molecule has 0 aromatic rings. The molecule has 0 saturated carbocycles. The van der Waals surface area contributed by atoms with Gasteiger partial charge in [0.05, 0.1) is 0 Å². The monoisotopic (exact) mass is 174 g/mol. The van der Waals surface area contributed by atoms with Crippen molar-refractivity contribution in [2.75, 3.05) is 5.88 Å². The molecule has 38 valence electrons. The van der Waals surface area contributed by atoms with Gasteiger partial charge in [-0.2, -0.15) is 0 Å². The maximum atomic E-state index is 11.5. The Labute approximate surface area is 49.8 Å². The lowest BCUT2D eigenvalue weighted by Crippen LogP contribution is -1.85. The Morgan fingerprint density at radius 1 is 1.83 bits per heavy atom. The molecule has 0 aromatic heterocycles. The van der Waals surface area contributed by atoms with Crippen LogP contribution in [0, 0.1) is 0 Å². The van der Waals surface area contributed by atoms with E-state index < -0.39 is 5.08 Å².